The molecule has 0 saturated carbocycles. The van der Waals surface area contributed by atoms with Gasteiger partial charge in [-0.1, -0.05) is 51.8 Å². The molecule has 0 fully saturated rings. The Labute approximate surface area is 118 Å². The van der Waals surface area contributed by atoms with Crippen molar-refractivity contribution < 1.29 is 9.50 Å². The number of benzene rings is 2. The number of aliphatic hydroxyl groups is 1. The highest BCUT2D eigenvalue weighted by Gasteiger charge is 2.14. The molecule has 0 aromatic heterocycles. The lowest BCUT2D eigenvalue weighted by Crippen LogP contribution is -2.04. The van der Waals surface area contributed by atoms with Crippen LogP contribution in [0.5, 0.6) is 0 Å². The number of rotatable bonds is 3. The Balaban J connectivity index is 2.22. The highest BCUT2D eigenvalue weighted by molar-refractivity contribution is 9.10. The molecular weight excluding hydrogens is 319 g/mol. The van der Waals surface area contributed by atoms with E-state index in [-0.39, 0.29) is 12.2 Å². The van der Waals surface area contributed by atoms with E-state index in [1.807, 2.05) is 0 Å². The summed E-state index contributed by atoms with van der Waals surface area (Å²) in [5.41, 5.74) is 1.08. The summed E-state index contributed by atoms with van der Waals surface area (Å²) in [7, 11) is 0. The molecule has 1 atom stereocenters. The third-order valence-electron chi connectivity index (χ3n) is 2.69. The van der Waals surface area contributed by atoms with Crippen molar-refractivity contribution in [2.45, 2.75) is 12.5 Å². The summed E-state index contributed by atoms with van der Waals surface area (Å²) in [6.07, 6.45) is -0.615. The van der Waals surface area contributed by atoms with Gasteiger partial charge in [0, 0.05) is 15.9 Å². The molecule has 2 aromatic carbocycles. The van der Waals surface area contributed by atoms with Crippen molar-refractivity contribution in [3.63, 3.8) is 0 Å². The molecule has 0 aliphatic heterocycles. The maximum Gasteiger partial charge on any atom is 0.126 e. The summed E-state index contributed by atoms with van der Waals surface area (Å²) in [5.74, 6) is -0.315. The Morgan fingerprint density at radius 3 is 2.61 bits per heavy atom. The minimum absolute atomic E-state index is 0.202. The first-order chi connectivity index (χ1) is 8.58. The second-order valence-electron chi connectivity index (χ2n) is 3.98. The predicted molar refractivity (Wildman–Crippen MR) is 74.2 cm³/mol. The molecule has 0 heterocycles. The molecule has 0 spiro atoms. The first kappa shape index (κ1) is 13.5. The van der Waals surface area contributed by atoms with E-state index in [1.165, 1.54) is 6.07 Å². The Morgan fingerprint density at radius 1 is 1.22 bits per heavy atom. The van der Waals surface area contributed by atoms with E-state index < -0.39 is 6.10 Å². The zero-order chi connectivity index (χ0) is 13.1. The van der Waals surface area contributed by atoms with Crippen LogP contribution in [0.1, 0.15) is 17.2 Å². The van der Waals surface area contributed by atoms with Gasteiger partial charge in [-0.05, 0) is 29.3 Å². The van der Waals surface area contributed by atoms with Gasteiger partial charge >= 0.3 is 0 Å². The lowest BCUT2D eigenvalue weighted by Gasteiger charge is -2.13. The molecule has 2 rings (SSSR count). The van der Waals surface area contributed by atoms with Crippen molar-refractivity contribution >= 4 is 27.5 Å². The van der Waals surface area contributed by atoms with Crippen LogP contribution >= 0.6 is 27.5 Å². The monoisotopic (exact) mass is 328 g/mol. The van der Waals surface area contributed by atoms with E-state index in [4.69, 9.17) is 11.6 Å². The summed E-state index contributed by atoms with van der Waals surface area (Å²) >= 11 is 9.34. The van der Waals surface area contributed by atoms with Gasteiger partial charge in [0.15, 0.2) is 0 Å². The van der Waals surface area contributed by atoms with Crippen LogP contribution in [0.4, 0.5) is 4.39 Å². The maximum atomic E-state index is 13.5. The highest BCUT2D eigenvalue weighted by atomic mass is 79.9. The summed E-state index contributed by atoms with van der Waals surface area (Å²) in [6.45, 7) is 0. The van der Waals surface area contributed by atoms with Crippen molar-refractivity contribution in [1.82, 2.24) is 0 Å². The Hall–Kier alpha value is -0.900. The zero-order valence-corrected chi connectivity index (χ0v) is 11.7. The molecule has 0 aliphatic rings. The quantitative estimate of drug-likeness (QED) is 0.878. The number of halogens is 3. The van der Waals surface area contributed by atoms with Crippen molar-refractivity contribution in [1.29, 1.82) is 0 Å². The number of hydrogen-bond acceptors (Lipinski definition) is 1. The van der Waals surface area contributed by atoms with Gasteiger partial charge in [0.2, 0.25) is 0 Å². The molecule has 94 valence electrons. The number of aliphatic hydroxyl groups excluding tert-OH is 1. The van der Waals surface area contributed by atoms with Gasteiger partial charge in [-0.2, -0.15) is 0 Å². The third-order valence-corrected chi connectivity index (χ3v) is 3.51. The first-order valence-corrected chi connectivity index (χ1v) is 6.61. The average molecular weight is 330 g/mol. The van der Waals surface area contributed by atoms with Crippen molar-refractivity contribution in [3.8, 4) is 0 Å². The van der Waals surface area contributed by atoms with Crippen LogP contribution in [-0.2, 0) is 6.42 Å². The lowest BCUT2D eigenvalue weighted by molar-refractivity contribution is 0.177. The highest BCUT2D eigenvalue weighted by Crippen LogP contribution is 2.28. The standard InChI is InChI=1S/C14H11BrClFO/c15-10-5-6-11(12(16)8-10)14(18)7-9-3-1-2-4-13(9)17/h1-6,8,14,18H,7H2. The van der Waals surface area contributed by atoms with E-state index in [9.17, 15) is 9.50 Å². The summed E-state index contributed by atoms with van der Waals surface area (Å²) in [6, 6.07) is 11.6. The molecule has 1 N–H and O–H groups in total. The van der Waals surface area contributed by atoms with Gasteiger partial charge in [0.05, 0.1) is 6.10 Å². The molecule has 0 amide bonds. The lowest BCUT2D eigenvalue weighted by atomic mass is 10.0. The maximum absolute atomic E-state index is 13.5. The van der Waals surface area contributed by atoms with E-state index in [1.54, 1.807) is 36.4 Å². The van der Waals surface area contributed by atoms with Gasteiger partial charge in [0.1, 0.15) is 5.82 Å². The predicted octanol–water partition coefficient (Wildman–Crippen LogP) is 4.52. The fraction of sp³-hybridized carbons (Fsp3) is 0.143. The van der Waals surface area contributed by atoms with Crippen molar-refractivity contribution in [3.05, 3.63) is 68.9 Å². The molecule has 1 unspecified atom stereocenters. The Bertz CT molecular complexity index is 559. The topological polar surface area (TPSA) is 20.2 Å². The van der Waals surface area contributed by atoms with E-state index >= 15 is 0 Å². The molecule has 1 nitrogen and oxygen atoms in total. The van der Waals surface area contributed by atoms with Gasteiger partial charge in [0.25, 0.3) is 0 Å². The summed E-state index contributed by atoms with van der Waals surface area (Å²) in [5, 5.41) is 10.6. The van der Waals surface area contributed by atoms with Gasteiger partial charge < -0.3 is 5.11 Å². The van der Waals surface area contributed by atoms with Crippen LogP contribution in [0, 0.1) is 5.82 Å². The molecule has 4 heteroatoms. The fourth-order valence-electron chi connectivity index (χ4n) is 1.75. The minimum Gasteiger partial charge on any atom is -0.388 e. The van der Waals surface area contributed by atoms with Crippen LogP contribution in [0.3, 0.4) is 0 Å². The average Bonchev–Trinajstić information content (AvgIpc) is 2.32. The van der Waals surface area contributed by atoms with Crippen LogP contribution in [-0.4, -0.2) is 5.11 Å². The van der Waals surface area contributed by atoms with E-state index in [2.05, 4.69) is 15.9 Å². The Kier molecular flexibility index (Phi) is 4.38. The van der Waals surface area contributed by atoms with Gasteiger partial charge in [-0.3, -0.25) is 0 Å². The number of hydrogen-bond donors (Lipinski definition) is 1. The molecule has 0 saturated heterocycles. The van der Waals surface area contributed by atoms with E-state index in [0.29, 0.717) is 16.1 Å². The van der Waals surface area contributed by atoms with Crippen LogP contribution in [0.15, 0.2) is 46.9 Å². The normalized spacial score (nSPS) is 12.4. The van der Waals surface area contributed by atoms with Gasteiger partial charge in [-0.15, -0.1) is 0 Å². The molecular formula is C14H11BrClFO. The first-order valence-electron chi connectivity index (χ1n) is 5.44. The molecule has 0 radical (unpaired) electrons. The zero-order valence-electron chi connectivity index (χ0n) is 9.41. The van der Waals surface area contributed by atoms with Crippen molar-refractivity contribution in [2.24, 2.45) is 0 Å². The largest absolute Gasteiger partial charge is 0.388 e. The van der Waals surface area contributed by atoms with Crippen LogP contribution in [0.2, 0.25) is 5.02 Å². The minimum atomic E-state index is -0.817. The molecule has 0 bridgehead atoms. The van der Waals surface area contributed by atoms with Crippen molar-refractivity contribution in [2.75, 3.05) is 0 Å². The second kappa shape index (κ2) is 5.83. The molecule has 18 heavy (non-hydrogen) atoms. The fourth-order valence-corrected chi connectivity index (χ4v) is 2.55. The SMILES string of the molecule is OC(Cc1ccccc1F)c1ccc(Br)cc1Cl. The summed E-state index contributed by atoms with van der Waals surface area (Å²) < 4.78 is 14.3. The molecule has 0 aliphatic carbocycles. The van der Waals surface area contributed by atoms with Gasteiger partial charge in [-0.25, -0.2) is 4.39 Å². The summed E-state index contributed by atoms with van der Waals surface area (Å²) in [4.78, 5) is 0. The van der Waals surface area contributed by atoms with E-state index in [0.717, 1.165) is 4.47 Å². The van der Waals surface area contributed by atoms with Crippen LogP contribution in [0.25, 0.3) is 0 Å². The Morgan fingerprint density at radius 2 is 1.94 bits per heavy atom. The third kappa shape index (κ3) is 3.10. The smallest absolute Gasteiger partial charge is 0.126 e. The second-order valence-corrected chi connectivity index (χ2v) is 5.30. The molecule has 2 aromatic rings. The van der Waals surface area contributed by atoms with Crippen LogP contribution < -0.4 is 0 Å².